The summed E-state index contributed by atoms with van der Waals surface area (Å²) in [4.78, 5) is 8.83. The lowest BCUT2D eigenvalue weighted by molar-refractivity contribution is 0.0847. The van der Waals surface area contributed by atoms with Crippen LogP contribution >= 0.6 is 0 Å². The molecule has 0 N–H and O–H groups in total. The topological polar surface area (TPSA) is 71.3 Å². The summed E-state index contributed by atoms with van der Waals surface area (Å²) < 4.78 is 19.8. The molecule has 1 aliphatic carbocycles. The molecule has 7 heteroatoms. The Kier molecular flexibility index (Phi) is 4.52. The Labute approximate surface area is 185 Å². The van der Waals surface area contributed by atoms with Gasteiger partial charge in [0.2, 0.25) is 0 Å². The second kappa shape index (κ2) is 7.67. The molecule has 1 aromatic carbocycles. The number of rotatable bonds is 5. The van der Waals surface area contributed by atoms with Crippen molar-refractivity contribution in [2.24, 2.45) is 7.05 Å². The van der Waals surface area contributed by atoms with Crippen molar-refractivity contribution in [1.29, 1.82) is 0 Å². The largest absolute Gasteiger partial charge is 0.484 e. The third-order valence-corrected chi connectivity index (χ3v) is 5.76. The molecular weight excluding hydrogens is 404 g/mol. The van der Waals surface area contributed by atoms with E-state index in [0.717, 1.165) is 22.7 Å². The van der Waals surface area contributed by atoms with Crippen LogP contribution in [0, 0.1) is 0 Å². The van der Waals surface area contributed by atoms with Crippen molar-refractivity contribution in [3.05, 3.63) is 78.4 Å². The van der Waals surface area contributed by atoms with Gasteiger partial charge in [-0.3, -0.25) is 9.67 Å². The first-order valence-corrected chi connectivity index (χ1v) is 10.7. The Morgan fingerprint density at radius 3 is 2.59 bits per heavy atom. The SMILES string of the molecule is Cn1cc(-c2cc(Oc3cnc4c(c3)OC[C@H](c3ccc(C5CC5)cc3)O4)ccn2)cn1. The molecule has 1 atom stereocenters. The second-order valence-electron chi connectivity index (χ2n) is 8.21. The number of pyridine rings is 2. The summed E-state index contributed by atoms with van der Waals surface area (Å²) in [5.74, 6) is 3.03. The smallest absolute Gasteiger partial charge is 0.258 e. The monoisotopic (exact) mass is 426 g/mol. The lowest BCUT2D eigenvalue weighted by Gasteiger charge is -2.26. The zero-order valence-corrected chi connectivity index (χ0v) is 17.6. The maximum atomic E-state index is 6.11. The van der Waals surface area contributed by atoms with Crippen LogP contribution in [0.25, 0.3) is 11.3 Å². The molecule has 0 bridgehead atoms. The van der Waals surface area contributed by atoms with Gasteiger partial charge in [0.25, 0.3) is 5.88 Å². The lowest BCUT2D eigenvalue weighted by Crippen LogP contribution is -2.22. The summed E-state index contributed by atoms with van der Waals surface area (Å²) in [5, 5.41) is 4.19. The number of aryl methyl sites for hydroxylation is 1. The Morgan fingerprint density at radius 1 is 0.969 bits per heavy atom. The van der Waals surface area contributed by atoms with Crippen LogP contribution in [0.3, 0.4) is 0 Å². The van der Waals surface area contributed by atoms with Crippen LogP contribution < -0.4 is 14.2 Å². The molecule has 0 saturated heterocycles. The molecule has 3 aromatic heterocycles. The highest BCUT2D eigenvalue weighted by atomic mass is 16.6. The van der Waals surface area contributed by atoms with E-state index in [9.17, 15) is 0 Å². The Hall–Kier alpha value is -3.87. The van der Waals surface area contributed by atoms with Crippen molar-refractivity contribution in [2.75, 3.05) is 6.61 Å². The predicted molar refractivity (Wildman–Crippen MR) is 118 cm³/mol. The number of aromatic nitrogens is 4. The number of hydrogen-bond acceptors (Lipinski definition) is 6. The molecular formula is C25H22N4O3. The van der Waals surface area contributed by atoms with E-state index in [4.69, 9.17) is 14.2 Å². The Balaban J connectivity index is 1.17. The van der Waals surface area contributed by atoms with Gasteiger partial charge in [-0.2, -0.15) is 5.10 Å². The number of fused-ring (bicyclic) bond motifs is 1. The minimum absolute atomic E-state index is 0.169. The van der Waals surface area contributed by atoms with Crippen molar-refractivity contribution in [2.45, 2.75) is 24.9 Å². The normalized spacial score (nSPS) is 17.2. The van der Waals surface area contributed by atoms with E-state index in [1.165, 1.54) is 18.4 Å². The van der Waals surface area contributed by atoms with E-state index in [2.05, 4.69) is 39.3 Å². The number of ether oxygens (including phenoxy) is 3. The summed E-state index contributed by atoms with van der Waals surface area (Å²) in [6.07, 6.45) is 9.47. The van der Waals surface area contributed by atoms with Gasteiger partial charge in [-0.15, -0.1) is 0 Å². The summed E-state index contributed by atoms with van der Waals surface area (Å²) >= 11 is 0. The van der Waals surface area contributed by atoms with Crippen molar-refractivity contribution in [1.82, 2.24) is 19.7 Å². The summed E-state index contributed by atoms with van der Waals surface area (Å²) in [7, 11) is 1.87. The molecule has 4 heterocycles. The van der Waals surface area contributed by atoms with Gasteiger partial charge in [0.15, 0.2) is 11.9 Å². The molecule has 1 aliphatic heterocycles. The molecule has 4 aromatic rings. The fraction of sp³-hybridized carbons (Fsp3) is 0.240. The van der Waals surface area contributed by atoms with E-state index in [-0.39, 0.29) is 6.10 Å². The third-order valence-electron chi connectivity index (χ3n) is 5.76. The first-order valence-electron chi connectivity index (χ1n) is 10.7. The molecule has 2 aliphatic rings. The van der Waals surface area contributed by atoms with Crippen molar-refractivity contribution in [3.63, 3.8) is 0 Å². The quantitative estimate of drug-likeness (QED) is 0.444. The molecule has 160 valence electrons. The standard InChI is InChI=1S/C25H22N4O3/c1-29-14-19(12-28-29)22-10-20(8-9-26-22)31-21-11-23-25(27-13-21)32-24(15-30-23)18-6-4-17(5-7-18)16-2-3-16/h4-14,16,24H,2-3,15H2,1H3/t24-/m1/s1. The van der Waals surface area contributed by atoms with Gasteiger partial charge in [-0.05, 0) is 36.0 Å². The van der Waals surface area contributed by atoms with Crippen molar-refractivity contribution >= 4 is 0 Å². The molecule has 7 nitrogen and oxygen atoms in total. The molecule has 6 rings (SSSR count). The molecule has 0 amide bonds. The zero-order chi connectivity index (χ0) is 21.5. The number of nitrogens with zero attached hydrogens (tertiary/aromatic N) is 4. The minimum Gasteiger partial charge on any atom is -0.484 e. The zero-order valence-electron chi connectivity index (χ0n) is 17.6. The van der Waals surface area contributed by atoms with Gasteiger partial charge < -0.3 is 14.2 Å². The Bertz CT molecular complexity index is 1260. The van der Waals surface area contributed by atoms with Gasteiger partial charge in [0, 0.05) is 37.1 Å². The number of hydrogen-bond donors (Lipinski definition) is 0. The summed E-state index contributed by atoms with van der Waals surface area (Å²) in [6.45, 7) is 0.432. The van der Waals surface area contributed by atoms with Gasteiger partial charge >= 0.3 is 0 Å². The molecule has 32 heavy (non-hydrogen) atoms. The molecule has 1 fully saturated rings. The van der Waals surface area contributed by atoms with E-state index in [1.54, 1.807) is 35.4 Å². The van der Waals surface area contributed by atoms with Gasteiger partial charge in [0.1, 0.15) is 18.1 Å². The van der Waals surface area contributed by atoms with Crippen LogP contribution in [-0.4, -0.2) is 26.4 Å². The van der Waals surface area contributed by atoms with Gasteiger partial charge in [-0.25, -0.2) is 4.98 Å². The van der Waals surface area contributed by atoms with E-state index in [1.807, 2.05) is 19.3 Å². The van der Waals surface area contributed by atoms with Crippen LogP contribution in [0.2, 0.25) is 0 Å². The highest BCUT2D eigenvalue weighted by Gasteiger charge is 2.26. The van der Waals surface area contributed by atoms with Crippen LogP contribution in [0.15, 0.2) is 67.3 Å². The van der Waals surface area contributed by atoms with Gasteiger partial charge in [0.05, 0.1) is 18.1 Å². The maximum Gasteiger partial charge on any atom is 0.258 e. The molecule has 0 unspecified atom stereocenters. The average Bonchev–Trinajstić information content (AvgIpc) is 3.59. The van der Waals surface area contributed by atoms with Crippen LogP contribution in [-0.2, 0) is 7.05 Å². The second-order valence-corrected chi connectivity index (χ2v) is 8.21. The first-order chi connectivity index (χ1) is 15.7. The van der Waals surface area contributed by atoms with E-state index >= 15 is 0 Å². The third kappa shape index (κ3) is 3.77. The van der Waals surface area contributed by atoms with E-state index in [0.29, 0.717) is 29.7 Å². The highest BCUT2D eigenvalue weighted by molar-refractivity contribution is 5.59. The fourth-order valence-electron chi connectivity index (χ4n) is 3.88. The molecule has 1 saturated carbocycles. The number of benzene rings is 1. The van der Waals surface area contributed by atoms with Crippen LogP contribution in [0.4, 0.5) is 0 Å². The first kappa shape index (κ1) is 18.9. The summed E-state index contributed by atoms with van der Waals surface area (Å²) in [5.41, 5.74) is 4.22. The fourth-order valence-corrected chi connectivity index (χ4v) is 3.88. The van der Waals surface area contributed by atoms with Gasteiger partial charge in [-0.1, -0.05) is 24.3 Å². The summed E-state index contributed by atoms with van der Waals surface area (Å²) in [6, 6.07) is 14.1. The van der Waals surface area contributed by atoms with Crippen LogP contribution in [0.5, 0.6) is 23.1 Å². The Morgan fingerprint density at radius 2 is 1.81 bits per heavy atom. The minimum atomic E-state index is -0.169. The molecule has 0 spiro atoms. The average molecular weight is 426 g/mol. The lowest BCUT2D eigenvalue weighted by atomic mass is 10.0. The highest BCUT2D eigenvalue weighted by Crippen LogP contribution is 2.41. The maximum absolute atomic E-state index is 6.11. The van der Waals surface area contributed by atoms with Crippen LogP contribution in [0.1, 0.15) is 36.0 Å². The van der Waals surface area contributed by atoms with E-state index < -0.39 is 0 Å². The molecule has 0 radical (unpaired) electrons. The van der Waals surface area contributed by atoms with Crippen molar-refractivity contribution in [3.8, 4) is 34.4 Å². The van der Waals surface area contributed by atoms with Crippen molar-refractivity contribution < 1.29 is 14.2 Å². The predicted octanol–water partition coefficient (Wildman–Crippen LogP) is 5.06.